The molecule has 134 valence electrons. The summed E-state index contributed by atoms with van der Waals surface area (Å²) < 4.78 is 38.1. The minimum Gasteiger partial charge on any atom is -0.345 e. The summed E-state index contributed by atoms with van der Waals surface area (Å²) in [7, 11) is 0. The van der Waals surface area contributed by atoms with Crippen LogP contribution in [0.25, 0.3) is 0 Å². The fourth-order valence-electron chi connectivity index (χ4n) is 2.53. The summed E-state index contributed by atoms with van der Waals surface area (Å²) in [6.45, 7) is 4.20. The first-order chi connectivity index (χ1) is 11.7. The topological polar surface area (TPSA) is 55.1 Å². The highest BCUT2D eigenvalue weighted by molar-refractivity contribution is 5.94. The van der Waals surface area contributed by atoms with Crippen LogP contribution in [0.15, 0.2) is 48.5 Å². The summed E-state index contributed by atoms with van der Waals surface area (Å²) in [5.74, 6) is -0.258. The molecule has 2 aromatic carbocycles. The zero-order valence-electron chi connectivity index (χ0n) is 14.1. The largest absolute Gasteiger partial charge is 0.416 e. The van der Waals surface area contributed by atoms with Gasteiger partial charge in [0.2, 0.25) is 0 Å². The van der Waals surface area contributed by atoms with Crippen LogP contribution in [0.5, 0.6) is 0 Å². The van der Waals surface area contributed by atoms with Crippen LogP contribution in [0.1, 0.15) is 46.9 Å². The number of hydrogen-bond acceptors (Lipinski definition) is 2. The van der Waals surface area contributed by atoms with Crippen LogP contribution in [0.3, 0.4) is 0 Å². The monoisotopic (exact) mass is 350 g/mol. The van der Waals surface area contributed by atoms with E-state index in [1.54, 1.807) is 24.3 Å². The Morgan fingerprint density at radius 3 is 2.04 bits per heavy atom. The molecule has 0 aliphatic carbocycles. The molecular formula is C19H21F3N2O. The Morgan fingerprint density at radius 1 is 1.04 bits per heavy atom. The highest BCUT2D eigenvalue weighted by atomic mass is 19.4. The van der Waals surface area contributed by atoms with Crippen molar-refractivity contribution in [2.24, 2.45) is 11.7 Å². The van der Waals surface area contributed by atoms with Crippen molar-refractivity contribution in [3.8, 4) is 0 Å². The molecule has 0 spiro atoms. The van der Waals surface area contributed by atoms with Crippen molar-refractivity contribution in [1.82, 2.24) is 5.32 Å². The molecule has 1 unspecified atom stereocenters. The summed E-state index contributed by atoms with van der Waals surface area (Å²) >= 11 is 0. The van der Waals surface area contributed by atoms with Crippen molar-refractivity contribution in [3.63, 3.8) is 0 Å². The number of rotatable bonds is 5. The van der Waals surface area contributed by atoms with Crippen LogP contribution in [0.4, 0.5) is 13.2 Å². The van der Waals surface area contributed by atoms with Gasteiger partial charge >= 0.3 is 6.18 Å². The number of hydrogen-bond donors (Lipinski definition) is 2. The molecule has 2 rings (SSSR count). The Kier molecular flexibility index (Phi) is 5.85. The van der Waals surface area contributed by atoms with E-state index >= 15 is 0 Å². The van der Waals surface area contributed by atoms with Crippen LogP contribution >= 0.6 is 0 Å². The van der Waals surface area contributed by atoms with Crippen molar-refractivity contribution in [2.75, 3.05) is 0 Å². The predicted molar refractivity (Wildman–Crippen MR) is 90.8 cm³/mol. The van der Waals surface area contributed by atoms with E-state index in [2.05, 4.69) is 5.32 Å². The average molecular weight is 350 g/mol. The lowest BCUT2D eigenvalue weighted by molar-refractivity contribution is -0.137. The quantitative estimate of drug-likeness (QED) is 0.845. The number of carbonyl (C=O) groups is 1. The van der Waals surface area contributed by atoms with Gasteiger partial charge in [-0.2, -0.15) is 13.2 Å². The molecule has 0 aliphatic rings. The Bertz CT molecular complexity index is 707. The zero-order valence-corrected chi connectivity index (χ0v) is 14.1. The molecule has 0 saturated heterocycles. The smallest absolute Gasteiger partial charge is 0.345 e. The lowest BCUT2D eigenvalue weighted by atomic mass is 9.94. The van der Waals surface area contributed by atoms with Gasteiger partial charge in [-0.3, -0.25) is 4.79 Å². The van der Waals surface area contributed by atoms with Crippen LogP contribution in [-0.2, 0) is 12.7 Å². The van der Waals surface area contributed by atoms with Crippen LogP contribution in [0.2, 0.25) is 0 Å². The van der Waals surface area contributed by atoms with Gasteiger partial charge in [-0.25, -0.2) is 0 Å². The van der Waals surface area contributed by atoms with E-state index in [-0.39, 0.29) is 17.9 Å². The normalized spacial score (nSPS) is 12.9. The first kappa shape index (κ1) is 19.0. The third-order valence-corrected chi connectivity index (χ3v) is 4.00. The number of carbonyl (C=O) groups excluding carboxylic acids is 1. The Hall–Kier alpha value is -2.34. The standard InChI is InChI=1S/C19H21F3N2O/c1-12(2)17(14-7-9-16(10-8-14)19(20,21)22)24-18(25)15-5-3-13(11-23)4-6-15/h3-10,12,17H,11,23H2,1-2H3,(H,24,25). The molecule has 6 heteroatoms. The van der Waals surface area contributed by atoms with E-state index < -0.39 is 11.7 Å². The van der Waals surface area contributed by atoms with Crippen molar-refractivity contribution in [1.29, 1.82) is 0 Å². The minimum atomic E-state index is -4.38. The lowest BCUT2D eigenvalue weighted by Gasteiger charge is -2.23. The zero-order chi connectivity index (χ0) is 18.6. The molecule has 3 N–H and O–H groups in total. The molecule has 0 aliphatic heterocycles. The summed E-state index contributed by atoms with van der Waals surface area (Å²) in [5, 5.41) is 2.89. The van der Waals surface area contributed by atoms with Gasteiger partial charge in [0.15, 0.2) is 0 Å². The third-order valence-electron chi connectivity index (χ3n) is 4.00. The minimum absolute atomic E-state index is 0.0176. The first-order valence-electron chi connectivity index (χ1n) is 7.99. The number of nitrogens with two attached hydrogens (primary N) is 1. The Labute approximate surface area is 145 Å². The fraction of sp³-hybridized carbons (Fsp3) is 0.316. The van der Waals surface area contributed by atoms with Gasteiger partial charge in [0.25, 0.3) is 5.91 Å². The Balaban J connectivity index is 2.18. The van der Waals surface area contributed by atoms with Crippen molar-refractivity contribution in [2.45, 2.75) is 32.6 Å². The molecule has 0 radical (unpaired) electrons. The van der Waals surface area contributed by atoms with E-state index in [0.717, 1.165) is 17.7 Å². The number of amides is 1. The number of halogens is 3. The van der Waals surface area contributed by atoms with Crippen molar-refractivity contribution < 1.29 is 18.0 Å². The number of benzene rings is 2. The van der Waals surface area contributed by atoms with E-state index in [0.29, 0.717) is 17.7 Å². The van der Waals surface area contributed by atoms with E-state index in [1.165, 1.54) is 12.1 Å². The van der Waals surface area contributed by atoms with E-state index in [1.807, 2.05) is 13.8 Å². The summed E-state index contributed by atoms with van der Waals surface area (Å²) in [4.78, 5) is 12.4. The second-order valence-electron chi connectivity index (χ2n) is 6.22. The molecule has 1 atom stereocenters. The van der Waals surface area contributed by atoms with E-state index in [4.69, 9.17) is 5.73 Å². The maximum Gasteiger partial charge on any atom is 0.416 e. The van der Waals surface area contributed by atoms with Gasteiger partial charge < -0.3 is 11.1 Å². The third kappa shape index (κ3) is 4.82. The summed E-state index contributed by atoms with van der Waals surface area (Å²) in [6.07, 6.45) is -4.38. The van der Waals surface area contributed by atoms with Crippen LogP contribution < -0.4 is 11.1 Å². The molecule has 3 nitrogen and oxygen atoms in total. The molecule has 0 fully saturated rings. The van der Waals surface area contributed by atoms with E-state index in [9.17, 15) is 18.0 Å². The average Bonchev–Trinajstić information content (AvgIpc) is 2.58. The molecule has 0 bridgehead atoms. The lowest BCUT2D eigenvalue weighted by Crippen LogP contribution is -2.31. The van der Waals surface area contributed by atoms with Gasteiger partial charge in [-0.1, -0.05) is 38.1 Å². The molecule has 0 saturated carbocycles. The van der Waals surface area contributed by atoms with Gasteiger partial charge in [0.1, 0.15) is 0 Å². The molecule has 25 heavy (non-hydrogen) atoms. The van der Waals surface area contributed by atoms with Gasteiger partial charge in [0.05, 0.1) is 11.6 Å². The highest BCUT2D eigenvalue weighted by Gasteiger charge is 2.30. The Morgan fingerprint density at radius 2 is 1.60 bits per heavy atom. The SMILES string of the molecule is CC(C)C(NC(=O)c1ccc(CN)cc1)c1ccc(C(F)(F)F)cc1. The number of nitrogens with one attached hydrogen (secondary N) is 1. The molecule has 1 amide bonds. The predicted octanol–water partition coefficient (Wildman–Crippen LogP) is 4.29. The molecule has 0 heterocycles. The van der Waals surface area contributed by atoms with Gasteiger partial charge in [-0.05, 0) is 41.3 Å². The maximum atomic E-state index is 12.7. The first-order valence-corrected chi connectivity index (χ1v) is 7.99. The van der Waals surface area contributed by atoms with Gasteiger partial charge in [0, 0.05) is 12.1 Å². The maximum absolute atomic E-state index is 12.7. The second kappa shape index (κ2) is 7.70. The molecular weight excluding hydrogens is 329 g/mol. The fourth-order valence-corrected chi connectivity index (χ4v) is 2.53. The molecule has 2 aromatic rings. The van der Waals surface area contributed by atoms with Crippen molar-refractivity contribution in [3.05, 3.63) is 70.8 Å². The number of alkyl halides is 3. The summed E-state index contributed by atoms with van der Waals surface area (Å²) in [6, 6.07) is 11.4. The second-order valence-corrected chi connectivity index (χ2v) is 6.22. The van der Waals surface area contributed by atoms with Gasteiger partial charge in [-0.15, -0.1) is 0 Å². The van der Waals surface area contributed by atoms with Crippen molar-refractivity contribution >= 4 is 5.91 Å². The summed E-state index contributed by atoms with van der Waals surface area (Å²) in [5.41, 5.74) is 6.86. The van der Waals surface area contributed by atoms with Crippen LogP contribution in [-0.4, -0.2) is 5.91 Å². The van der Waals surface area contributed by atoms with Crippen LogP contribution in [0, 0.1) is 5.92 Å². The highest BCUT2D eigenvalue weighted by Crippen LogP contribution is 2.31. The molecule has 0 aromatic heterocycles.